The predicted molar refractivity (Wildman–Crippen MR) is 83.2 cm³/mol. The number of carbonyl (C=O) groups excluding carboxylic acids is 1. The van der Waals surface area contributed by atoms with Gasteiger partial charge in [-0.05, 0) is 36.4 Å². The smallest absolute Gasteiger partial charge is 0.268 e. The number of carbonyl (C=O) groups is 1. The number of nitrogens with one attached hydrogen (secondary N) is 1. The minimum atomic E-state index is -0.389. The van der Waals surface area contributed by atoms with Crippen LogP contribution in [0, 0.1) is 0 Å². The van der Waals surface area contributed by atoms with Crippen LogP contribution >= 0.6 is 15.9 Å². The molecule has 0 aromatic heterocycles. The van der Waals surface area contributed by atoms with Crippen molar-refractivity contribution in [1.29, 1.82) is 0 Å². The molecule has 0 fully saturated rings. The van der Waals surface area contributed by atoms with Gasteiger partial charge in [0.15, 0.2) is 0 Å². The van der Waals surface area contributed by atoms with Gasteiger partial charge in [0.1, 0.15) is 24.7 Å². The van der Waals surface area contributed by atoms with Crippen molar-refractivity contribution in [3.8, 4) is 11.5 Å². The molecule has 2 aromatic rings. The molecule has 2 aromatic carbocycles. The van der Waals surface area contributed by atoms with Crippen molar-refractivity contribution in [3.63, 3.8) is 0 Å². The summed E-state index contributed by atoms with van der Waals surface area (Å²) in [6.45, 7) is 0.700. The SMILES string of the molecule is NNC(=O)c1ccccc1OCCOc1ccc(Br)cc1. The number of benzene rings is 2. The predicted octanol–water partition coefficient (Wildman–Crippen LogP) is 2.51. The molecule has 6 heteroatoms. The third-order valence-corrected chi connectivity index (χ3v) is 3.21. The van der Waals surface area contributed by atoms with Crippen LogP contribution in [0.2, 0.25) is 0 Å². The first-order chi connectivity index (χ1) is 10.2. The second-order valence-electron chi connectivity index (χ2n) is 4.12. The summed E-state index contributed by atoms with van der Waals surface area (Å²) in [6, 6.07) is 14.4. The van der Waals surface area contributed by atoms with Crippen molar-refractivity contribution in [2.75, 3.05) is 13.2 Å². The van der Waals surface area contributed by atoms with Gasteiger partial charge in [0.25, 0.3) is 5.91 Å². The van der Waals surface area contributed by atoms with E-state index in [1.807, 2.05) is 24.3 Å². The second-order valence-corrected chi connectivity index (χ2v) is 5.04. The van der Waals surface area contributed by atoms with Crippen LogP contribution in [0.4, 0.5) is 0 Å². The standard InChI is InChI=1S/C15H15BrN2O3/c16-11-5-7-12(8-6-11)20-9-10-21-14-4-2-1-3-13(14)15(19)18-17/h1-8H,9-10,17H2,(H,18,19). The number of hydrogen-bond acceptors (Lipinski definition) is 4. The molecule has 0 aliphatic carbocycles. The van der Waals surface area contributed by atoms with Crippen molar-refractivity contribution in [3.05, 3.63) is 58.6 Å². The first kappa shape index (κ1) is 15.3. The van der Waals surface area contributed by atoms with E-state index in [2.05, 4.69) is 21.4 Å². The number of para-hydroxylation sites is 1. The summed E-state index contributed by atoms with van der Waals surface area (Å²) in [4.78, 5) is 11.6. The maximum atomic E-state index is 11.6. The molecule has 1 amide bonds. The number of hydrazine groups is 1. The zero-order valence-electron chi connectivity index (χ0n) is 11.2. The van der Waals surface area contributed by atoms with Gasteiger partial charge in [-0.15, -0.1) is 0 Å². The molecule has 0 heterocycles. The summed E-state index contributed by atoms with van der Waals surface area (Å²) in [7, 11) is 0. The molecular formula is C15H15BrN2O3. The fraction of sp³-hybridized carbons (Fsp3) is 0.133. The number of ether oxygens (including phenoxy) is 2. The van der Waals surface area contributed by atoms with Crippen LogP contribution in [0.3, 0.4) is 0 Å². The lowest BCUT2D eigenvalue weighted by atomic mass is 10.2. The third kappa shape index (κ3) is 4.47. The van der Waals surface area contributed by atoms with Crippen LogP contribution in [0.5, 0.6) is 11.5 Å². The maximum absolute atomic E-state index is 11.6. The highest BCUT2D eigenvalue weighted by molar-refractivity contribution is 9.10. The molecule has 0 spiro atoms. The maximum Gasteiger partial charge on any atom is 0.268 e. The van der Waals surface area contributed by atoms with E-state index in [0.29, 0.717) is 24.5 Å². The van der Waals surface area contributed by atoms with E-state index >= 15 is 0 Å². The topological polar surface area (TPSA) is 73.6 Å². The van der Waals surface area contributed by atoms with Crippen molar-refractivity contribution < 1.29 is 14.3 Å². The van der Waals surface area contributed by atoms with Crippen LogP contribution in [-0.2, 0) is 0 Å². The Morgan fingerprint density at radius 1 is 1.05 bits per heavy atom. The molecule has 5 nitrogen and oxygen atoms in total. The Bertz CT molecular complexity index is 602. The van der Waals surface area contributed by atoms with Gasteiger partial charge in [-0.3, -0.25) is 10.2 Å². The zero-order chi connectivity index (χ0) is 15.1. The monoisotopic (exact) mass is 350 g/mol. The van der Waals surface area contributed by atoms with Gasteiger partial charge in [0.05, 0.1) is 5.56 Å². The lowest BCUT2D eigenvalue weighted by Crippen LogP contribution is -2.30. The molecule has 0 radical (unpaired) electrons. The van der Waals surface area contributed by atoms with Crippen molar-refractivity contribution in [1.82, 2.24) is 5.43 Å². The lowest BCUT2D eigenvalue weighted by molar-refractivity contribution is 0.0948. The van der Waals surface area contributed by atoms with E-state index in [-0.39, 0.29) is 5.91 Å². The Morgan fingerprint density at radius 3 is 2.43 bits per heavy atom. The van der Waals surface area contributed by atoms with Crippen molar-refractivity contribution in [2.24, 2.45) is 5.84 Å². The average Bonchev–Trinajstić information content (AvgIpc) is 2.53. The molecular weight excluding hydrogens is 336 g/mol. The molecule has 110 valence electrons. The summed E-state index contributed by atoms with van der Waals surface area (Å²) < 4.78 is 12.1. The van der Waals surface area contributed by atoms with Gasteiger partial charge in [-0.25, -0.2) is 5.84 Å². The number of nitrogen functional groups attached to an aromatic ring is 1. The lowest BCUT2D eigenvalue weighted by Gasteiger charge is -2.11. The van der Waals surface area contributed by atoms with Crippen molar-refractivity contribution >= 4 is 21.8 Å². The van der Waals surface area contributed by atoms with E-state index in [1.165, 1.54) is 0 Å². The minimum Gasteiger partial charge on any atom is -0.490 e. The van der Waals surface area contributed by atoms with Gasteiger partial charge in [-0.1, -0.05) is 28.1 Å². The number of rotatable bonds is 6. The van der Waals surface area contributed by atoms with Gasteiger partial charge < -0.3 is 9.47 Å². The highest BCUT2D eigenvalue weighted by atomic mass is 79.9. The summed E-state index contributed by atoms with van der Waals surface area (Å²) in [6.07, 6.45) is 0. The van der Waals surface area contributed by atoms with E-state index in [1.54, 1.807) is 24.3 Å². The number of hydrogen-bond donors (Lipinski definition) is 2. The zero-order valence-corrected chi connectivity index (χ0v) is 12.8. The summed E-state index contributed by atoms with van der Waals surface area (Å²) in [5, 5.41) is 0. The van der Waals surface area contributed by atoms with Gasteiger partial charge in [-0.2, -0.15) is 0 Å². The minimum absolute atomic E-state index is 0.324. The van der Waals surface area contributed by atoms with E-state index < -0.39 is 0 Å². The molecule has 21 heavy (non-hydrogen) atoms. The molecule has 0 unspecified atom stereocenters. The summed E-state index contributed by atoms with van der Waals surface area (Å²) >= 11 is 3.36. The molecule has 0 atom stereocenters. The molecule has 0 aliphatic rings. The largest absolute Gasteiger partial charge is 0.490 e. The summed E-state index contributed by atoms with van der Waals surface area (Å²) in [5.74, 6) is 5.97. The van der Waals surface area contributed by atoms with Gasteiger partial charge >= 0.3 is 0 Å². The quantitative estimate of drug-likeness (QED) is 0.363. The van der Waals surface area contributed by atoms with E-state index in [9.17, 15) is 4.79 Å². The van der Waals surface area contributed by atoms with Crippen molar-refractivity contribution in [2.45, 2.75) is 0 Å². The van der Waals surface area contributed by atoms with Crippen LogP contribution < -0.4 is 20.7 Å². The Balaban J connectivity index is 1.86. The second kappa shape index (κ2) is 7.66. The number of amides is 1. The Hall–Kier alpha value is -2.05. The molecule has 0 saturated heterocycles. The number of halogens is 1. The molecule has 2 rings (SSSR count). The Morgan fingerprint density at radius 2 is 1.71 bits per heavy atom. The van der Waals surface area contributed by atoms with Gasteiger partial charge in [0, 0.05) is 4.47 Å². The van der Waals surface area contributed by atoms with Gasteiger partial charge in [0.2, 0.25) is 0 Å². The highest BCUT2D eigenvalue weighted by Crippen LogP contribution is 2.18. The van der Waals surface area contributed by atoms with Crippen LogP contribution in [0.1, 0.15) is 10.4 Å². The fourth-order valence-electron chi connectivity index (χ4n) is 1.70. The Labute approximate surface area is 131 Å². The average molecular weight is 351 g/mol. The van der Waals surface area contributed by atoms with E-state index in [0.717, 1.165) is 10.2 Å². The van der Waals surface area contributed by atoms with Crippen LogP contribution in [-0.4, -0.2) is 19.1 Å². The molecule has 0 saturated carbocycles. The fourth-order valence-corrected chi connectivity index (χ4v) is 1.96. The molecule has 3 N–H and O–H groups in total. The van der Waals surface area contributed by atoms with Crippen LogP contribution in [0.15, 0.2) is 53.0 Å². The molecule has 0 bridgehead atoms. The number of nitrogens with two attached hydrogens (primary N) is 1. The first-order valence-electron chi connectivity index (χ1n) is 6.32. The van der Waals surface area contributed by atoms with E-state index in [4.69, 9.17) is 15.3 Å². The summed E-state index contributed by atoms with van der Waals surface area (Å²) in [5.41, 5.74) is 2.48. The Kier molecular flexibility index (Phi) is 5.59. The third-order valence-electron chi connectivity index (χ3n) is 2.69. The van der Waals surface area contributed by atoms with Crippen LogP contribution in [0.25, 0.3) is 0 Å². The normalized spacial score (nSPS) is 10.0. The first-order valence-corrected chi connectivity index (χ1v) is 7.11. The highest BCUT2D eigenvalue weighted by Gasteiger charge is 2.10. The molecule has 0 aliphatic heterocycles.